The van der Waals surface area contributed by atoms with Gasteiger partial charge >= 0.3 is 6.09 Å². The van der Waals surface area contributed by atoms with E-state index in [0.29, 0.717) is 12.0 Å². The molecule has 5 nitrogen and oxygen atoms in total. The van der Waals surface area contributed by atoms with Crippen molar-refractivity contribution in [2.24, 2.45) is 0 Å². The van der Waals surface area contributed by atoms with Gasteiger partial charge in [0.2, 0.25) is 0 Å². The highest BCUT2D eigenvalue weighted by Crippen LogP contribution is 2.18. The van der Waals surface area contributed by atoms with Crippen molar-refractivity contribution in [1.82, 2.24) is 5.32 Å². The first-order chi connectivity index (χ1) is 9.31. The van der Waals surface area contributed by atoms with E-state index in [1.54, 1.807) is 12.1 Å². The maximum absolute atomic E-state index is 11.7. The zero-order chi connectivity index (χ0) is 15.2. The monoisotopic (exact) mass is 279 g/mol. The Hall–Kier alpha value is -2.04. The Morgan fingerprint density at radius 3 is 2.40 bits per heavy atom. The zero-order valence-corrected chi connectivity index (χ0v) is 12.3. The molecule has 1 atom stereocenters. The summed E-state index contributed by atoms with van der Waals surface area (Å²) in [5.41, 5.74) is 0.408. The lowest BCUT2D eigenvalue weighted by Crippen LogP contribution is -2.34. The fourth-order valence-corrected chi connectivity index (χ4v) is 1.55. The number of nitrogens with one attached hydrogen (secondary N) is 1. The Morgan fingerprint density at radius 1 is 1.30 bits per heavy atom. The van der Waals surface area contributed by atoms with E-state index in [1.165, 1.54) is 0 Å². The third-order valence-electron chi connectivity index (χ3n) is 2.43. The molecule has 110 valence electrons. The van der Waals surface area contributed by atoms with Gasteiger partial charge in [0, 0.05) is 0 Å². The molecule has 0 aromatic heterocycles. The van der Waals surface area contributed by atoms with Crippen molar-refractivity contribution in [3.05, 3.63) is 29.8 Å². The quantitative estimate of drug-likeness (QED) is 0.842. The molecule has 0 spiro atoms. The number of amides is 1. The van der Waals surface area contributed by atoms with Crippen molar-refractivity contribution < 1.29 is 19.1 Å². The summed E-state index contributed by atoms with van der Waals surface area (Å²) in [4.78, 5) is 21.9. The van der Waals surface area contributed by atoms with E-state index < -0.39 is 11.7 Å². The molecule has 0 saturated heterocycles. The topological polar surface area (TPSA) is 64.6 Å². The van der Waals surface area contributed by atoms with Gasteiger partial charge in [0.1, 0.15) is 18.0 Å². The smallest absolute Gasteiger partial charge is 0.408 e. The molecule has 20 heavy (non-hydrogen) atoms. The summed E-state index contributed by atoms with van der Waals surface area (Å²) in [6, 6.07) is 7.01. The summed E-state index contributed by atoms with van der Waals surface area (Å²) in [5.74, 6) is 0.616. The summed E-state index contributed by atoms with van der Waals surface area (Å²) in [6.07, 6.45) is 0.243. The standard InChI is InChI=1S/C15H21NO4/c1-11(16-14(18)20-15(2,3)4)12-5-7-13(8-6-12)19-10-9-17/h5-9,11H,10H2,1-4H3,(H,16,18). The predicted octanol–water partition coefficient (Wildman–Crippen LogP) is 2.85. The van der Waals surface area contributed by atoms with E-state index >= 15 is 0 Å². The summed E-state index contributed by atoms with van der Waals surface area (Å²) in [5, 5.41) is 2.76. The maximum Gasteiger partial charge on any atom is 0.408 e. The average molecular weight is 279 g/mol. The summed E-state index contributed by atoms with van der Waals surface area (Å²) in [7, 11) is 0. The number of hydrogen-bond acceptors (Lipinski definition) is 4. The van der Waals surface area contributed by atoms with Crippen molar-refractivity contribution in [3.63, 3.8) is 0 Å². The summed E-state index contributed by atoms with van der Waals surface area (Å²) < 4.78 is 10.3. The van der Waals surface area contributed by atoms with Gasteiger partial charge in [-0.1, -0.05) is 12.1 Å². The molecule has 1 N–H and O–H groups in total. The van der Waals surface area contributed by atoms with Gasteiger partial charge in [-0.25, -0.2) is 4.79 Å². The van der Waals surface area contributed by atoms with Crippen LogP contribution in [0.2, 0.25) is 0 Å². The van der Waals surface area contributed by atoms with Crippen LogP contribution in [0.1, 0.15) is 39.3 Å². The second-order valence-corrected chi connectivity index (χ2v) is 5.41. The van der Waals surface area contributed by atoms with Crippen LogP contribution in [0.4, 0.5) is 4.79 Å². The van der Waals surface area contributed by atoms with E-state index in [9.17, 15) is 9.59 Å². The molecule has 0 aliphatic rings. The number of ether oxygens (including phenoxy) is 2. The molecule has 0 fully saturated rings. The van der Waals surface area contributed by atoms with Crippen LogP contribution < -0.4 is 10.1 Å². The predicted molar refractivity (Wildman–Crippen MR) is 75.8 cm³/mol. The highest BCUT2D eigenvalue weighted by Gasteiger charge is 2.18. The number of carbonyl (C=O) groups is 2. The third kappa shape index (κ3) is 5.73. The first-order valence-corrected chi connectivity index (χ1v) is 6.48. The Balaban J connectivity index is 2.57. The van der Waals surface area contributed by atoms with Crippen LogP contribution in [0.15, 0.2) is 24.3 Å². The number of benzene rings is 1. The van der Waals surface area contributed by atoms with E-state index in [0.717, 1.165) is 5.56 Å². The second kappa shape index (κ2) is 6.93. The van der Waals surface area contributed by atoms with Crippen LogP contribution in [-0.4, -0.2) is 24.6 Å². The number of carbonyl (C=O) groups excluding carboxylic acids is 2. The minimum absolute atomic E-state index is 0.0328. The normalized spacial score (nSPS) is 12.4. The third-order valence-corrected chi connectivity index (χ3v) is 2.43. The molecule has 0 radical (unpaired) electrons. The molecule has 0 aliphatic heterocycles. The molecule has 0 saturated carbocycles. The number of aldehydes is 1. The minimum Gasteiger partial charge on any atom is -0.486 e. The van der Waals surface area contributed by atoms with Gasteiger partial charge in [0.05, 0.1) is 6.04 Å². The average Bonchev–Trinajstić information content (AvgIpc) is 2.34. The molecular weight excluding hydrogens is 258 g/mol. The lowest BCUT2D eigenvalue weighted by Gasteiger charge is -2.22. The van der Waals surface area contributed by atoms with Crippen LogP contribution in [0.25, 0.3) is 0 Å². The van der Waals surface area contributed by atoms with E-state index in [1.807, 2.05) is 39.8 Å². The molecule has 1 amide bonds. The molecule has 0 bridgehead atoms. The SMILES string of the molecule is CC(NC(=O)OC(C)(C)C)c1ccc(OCC=O)cc1. The molecule has 1 aromatic rings. The summed E-state index contributed by atoms with van der Waals surface area (Å²) >= 11 is 0. The van der Waals surface area contributed by atoms with Crippen LogP contribution in [-0.2, 0) is 9.53 Å². The van der Waals surface area contributed by atoms with E-state index in [4.69, 9.17) is 9.47 Å². The first-order valence-electron chi connectivity index (χ1n) is 6.48. The van der Waals surface area contributed by atoms with Gasteiger partial charge in [-0.3, -0.25) is 4.79 Å². The molecule has 5 heteroatoms. The van der Waals surface area contributed by atoms with E-state index in [2.05, 4.69) is 5.32 Å². The number of hydrogen-bond donors (Lipinski definition) is 1. The first kappa shape index (κ1) is 16.0. The van der Waals surface area contributed by atoms with Gasteiger partial charge in [-0.05, 0) is 45.4 Å². The van der Waals surface area contributed by atoms with Crippen molar-refractivity contribution in [1.29, 1.82) is 0 Å². The number of alkyl carbamates (subject to hydrolysis) is 1. The summed E-state index contributed by atoms with van der Waals surface area (Å²) in [6.45, 7) is 7.35. The highest BCUT2D eigenvalue weighted by atomic mass is 16.6. The Kier molecular flexibility index (Phi) is 5.55. The van der Waals surface area contributed by atoms with Crippen molar-refractivity contribution in [2.45, 2.75) is 39.3 Å². The Bertz CT molecular complexity index is 448. The van der Waals surface area contributed by atoms with Crippen LogP contribution in [0.3, 0.4) is 0 Å². The lowest BCUT2D eigenvalue weighted by molar-refractivity contribution is -0.109. The van der Waals surface area contributed by atoms with Crippen LogP contribution in [0.5, 0.6) is 5.75 Å². The molecule has 0 heterocycles. The van der Waals surface area contributed by atoms with E-state index in [-0.39, 0.29) is 12.6 Å². The Labute approximate surface area is 119 Å². The van der Waals surface area contributed by atoms with Crippen molar-refractivity contribution in [2.75, 3.05) is 6.61 Å². The number of rotatable bonds is 5. The van der Waals surface area contributed by atoms with Crippen LogP contribution >= 0.6 is 0 Å². The maximum atomic E-state index is 11.7. The zero-order valence-electron chi connectivity index (χ0n) is 12.3. The van der Waals surface area contributed by atoms with Gasteiger partial charge in [-0.15, -0.1) is 0 Å². The molecule has 0 aliphatic carbocycles. The molecular formula is C15H21NO4. The van der Waals surface area contributed by atoms with Gasteiger partial charge in [0.15, 0.2) is 6.29 Å². The molecule has 1 aromatic carbocycles. The molecule has 1 rings (SSSR count). The minimum atomic E-state index is -0.518. The highest BCUT2D eigenvalue weighted by molar-refractivity contribution is 5.68. The van der Waals surface area contributed by atoms with Gasteiger partial charge in [-0.2, -0.15) is 0 Å². The molecule has 1 unspecified atom stereocenters. The second-order valence-electron chi connectivity index (χ2n) is 5.41. The van der Waals surface area contributed by atoms with Crippen molar-refractivity contribution in [3.8, 4) is 5.75 Å². The fraction of sp³-hybridized carbons (Fsp3) is 0.467. The van der Waals surface area contributed by atoms with Gasteiger partial charge < -0.3 is 14.8 Å². The fourth-order valence-electron chi connectivity index (χ4n) is 1.55. The van der Waals surface area contributed by atoms with Gasteiger partial charge in [0.25, 0.3) is 0 Å². The Morgan fingerprint density at radius 2 is 1.90 bits per heavy atom. The van der Waals surface area contributed by atoms with Crippen molar-refractivity contribution >= 4 is 12.4 Å². The largest absolute Gasteiger partial charge is 0.486 e. The van der Waals surface area contributed by atoms with Crippen LogP contribution in [0, 0.1) is 0 Å². The lowest BCUT2D eigenvalue weighted by atomic mass is 10.1.